The van der Waals surface area contributed by atoms with Crippen LogP contribution in [0, 0.1) is 0 Å². The van der Waals surface area contributed by atoms with Gasteiger partial charge in [0.15, 0.2) is 0 Å². The Kier molecular flexibility index (Phi) is 4.48. The molecule has 0 atom stereocenters. The fraction of sp³-hybridized carbons (Fsp3) is 0.625. The van der Waals surface area contributed by atoms with Crippen LogP contribution in [0.1, 0.15) is 31.4 Å². The van der Waals surface area contributed by atoms with Crippen LogP contribution in [0.2, 0.25) is 0 Å². The van der Waals surface area contributed by atoms with Gasteiger partial charge in [0.2, 0.25) is 0 Å². The summed E-state index contributed by atoms with van der Waals surface area (Å²) in [4.78, 5) is 2.30. The highest BCUT2D eigenvalue weighted by Gasteiger charge is 2.14. The average Bonchev–Trinajstić information content (AvgIpc) is 2.34. The van der Waals surface area contributed by atoms with E-state index in [1.54, 1.807) is 0 Å². The van der Waals surface area contributed by atoms with Crippen molar-refractivity contribution in [3.63, 3.8) is 0 Å². The van der Waals surface area contributed by atoms with Crippen molar-refractivity contribution in [1.82, 2.24) is 4.90 Å². The number of ether oxygens (including phenoxy) is 1. The Morgan fingerprint density at radius 2 is 2.16 bits per heavy atom. The molecular weight excluding hydrogens is 236 g/mol. The van der Waals surface area contributed by atoms with Gasteiger partial charge in [0.25, 0.3) is 0 Å². The van der Waals surface area contributed by atoms with E-state index in [0.29, 0.717) is 0 Å². The molecule has 0 fully saturated rings. The van der Waals surface area contributed by atoms with E-state index in [-0.39, 0.29) is 5.54 Å². The fourth-order valence-corrected chi connectivity index (χ4v) is 2.66. The smallest absolute Gasteiger partial charge is 0.122 e. The van der Waals surface area contributed by atoms with E-state index in [4.69, 9.17) is 10.5 Å². The predicted molar refractivity (Wildman–Crippen MR) is 79.7 cm³/mol. The second-order valence-electron chi connectivity index (χ2n) is 6.37. The standard InChI is InChI=1S/C16H26N2O/c1-16(2,17)12-18(3)9-8-13-6-7-15-14(11-13)5-4-10-19-15/h6-7,11H,4-5,8-10,12,17H2,1-3H3. The highest BCUT2D eigenvalue weighted by Crippen LogP contribution is 2.25. The SMILES string of the molecule is CN(CCc1ccc2c(c1)CCCO2)CC(C)(C)N. The zero-order valence-corrected chi connectivity index (χ0v) is 12.4. The van der Waals surface area contributed by atoms with Crippen LogP contribution in [0.3, 0.4) is 0 Å². The number of nitrogens with two attached hydrogens (primary N) is 1. The minimum absolute atomic E-state index is 0.127. The molecule has 3 heteroatoms. The van der Waals surface area contributed by atoms with Gasteiger partial charge in [0.05, 0.1) is 6.61 Å². The minimum atomic E-state index is -0.127. The van der Waals surface area contributed by atoms with Gasteiger partial charge in [-0.05, 0) is 57.4 Å². The number of hydrogen-bond acceptors (Lipinski definition) is 3. The third kappa shape index (κ3) is 4.51. The van der Waals surface area contributed by atoms with E-state index in [1.165, 1.54) is 11.1 Å². The van der Waals surface area contributed by atoms with E-state index >= 15 is 0 Å². The van der Waals surface area contributed by atoms with Gasteiger partial charge in [0.1, 0.15) is 5.75 Å². The summed E-state index contributed by atoms with van der Waals surface area (Å²) in [6, 6.07) is 6.61. The summed E-state index contributed by atoms with van der Waals surface area (Å²) in [5.74, 6) is 1.08. The molecule has 1 aromatic rings. The zero-order valence-electron chi connectivity index (χ0n) is 12.4. The van der Waals surface area contributed by atoms with Gasteiger partial charge < -0.3 is 15.4 Å². The molecule has 0 amide bonds. The monoisotopic (exact) mass is 262 g/mol. The van der Waals surface area contributed by atoms with Gasteiger partial charge in [-0.3, -0.25) is 0 Å². The van der Waals surface area contributed by atoms with Crippen LogP contribution in [0.25, 0.3) is 0 Å². The summed E-state index contributed by atoms with van der Waals surface area (Å²) in [5, 5.41) is 0. The predicted octanol–water partition coefficient (Wildman–Crippen LogP) is 2.22. The van der Waals surface area contributed by atoms with Crippen molar-refractivity contribution in [2.45, 2.75) is 38.6 Å². The Balaban J connectivity index is 1.89. The molecule has 0 aliphatic carbocycles. The van der Waals surface area contributed by atoms with Crippen LogP contribution < -0.4 is 10.5 Å². The molecular formula is C16H26N2O. The lowest BCUT2D eigenvalue weighted by Gasteiger charge is -2.26. The topological polar surface area (TPSA) is 38.5 Å². The van der Waals surface area contributed by atoms with Crippen molar-refractivity contribution >= 4 is 0 Å². The molecule has 1 aliphatic heterocycles. The first kappa shape index (κ1) is 14.4. The Labute approximate surface area is 116 Å². The quantitative estimate of drug-likeness (QED) is 0.884. The molecule has 1 aliphatic rings. The Hall–Kier alpha value is -1.06. The van der Waals surface area contributed by atoms with Gasteiger partial charge in [-0.15, -0.1) is 0 Å². The van der Waals surface area contributed by atoms with Crippen LogP contribution in [0.4, 0.5) is 0 Å². The zero-order chi connectivity index (χ0) is 13.9. The number of hydrogen-bond donors (Lipinski definition) is 1. The molecule has 106 valence electrons. The van der Waals surface area contributed by atoms with E-state index in [2.05, 4.69) is 44.0 Å². The van der Waals surface area contributed by atoms with Crippen LogP contribution in [0.5, 0.6) is 5.75 Å². The lowest BCUT2D eigenvalue weighted by Crippen LogP contribution is -2.44. The first-order valence-electron chi connectivity index (χ1n) is 7.16. The maximum absolute atomic E-state index is 6.04. The summed E-state index contributed by atoms with van der Waals surface area (Å²) in [6.45, 7) is 6.96. The van der Waals surface area contributed by atoms with E-state index in [9.17, 15) is 0 Å². The van der Waals surface area contributed by atoms with Crippen LogP contribution in [-0.4, -0.2) is 37.2 Å². The second kappa shape index (κ2) is 5.93. The van der Waals surface area contributed by atoms with Crippen molar-refractivity contribution in [2.75, 3.05) is 26.7 Å². The van der Waals surface area contributed by atoms with Crippen LogP contribution in [0.15, 0.2) is 18.2 Å². The van der Waals surface area contributed by atoms with Crippen LogP contribution >= 0.6 is 0 Å². The number of rotatable bonds is 5. The lowest BCUT2D eigenvalue weighted by molar-refractivity contribution is 0.272. The largest absolute Gasteiger partial charge is 0.493 e. The molecule has 0 radical (unpaired) electrons. The van der Waals surface area contributed by atoms with Crippen molar-refractivity contribution in [3.05, 3.63) is 29.3 Å². The Bertz CT molecular complexity index is 423. The normalized spacial score (nSPS) is 15.2. The summed E-state index contributed by atoms with van der Waals surface area (Å²) >= 11 is 0. The molecule has 0 bridgehead atoms. The average molecular weight is 262 g/mol. The first-order chi connectivity index (χ1) is 8.94. The number of aryl methyl sites for hydroxylation is 1. The molecule has 1 aromatic carbocycles. The van der Waals surface area contributed by atoms with Crippen molar-refractivity contribution in [1.29, 1.82) is 0 Å². The molecule has 1 heterocycles. The van der Waals surface area contributed by atoms with E-state index in [1.807, 2.05) is 0 Å². The van der Waals surface area contributed by atoms with Gasteiger partial charge in [-0.2, -0.15) is 0 Å². The molecule has 0 spiro atoms. The van der Waals surface area contributed by atoms with Crippen LogP contribution in [-0.2, 0) is 12.8 Å². The number of likely N-dealkylation sites (N-methyl/N-ethyl adjacent to an activating group) is 1. The number of fused-ring (bicyclic) bond motifs is 1. The Morgan fingerprint density at radius 3 is 2.89 bits per heavy atom. The third-order valence-electron chi connectivity index (χ3n) is 3.43. The lowest BCUT2D eigenvalue weighted by atomic mass is 10.0. The summed E-state index contributed by atoms with van der Waals surface area (Å²) in [5.41, 5.74) is 8.67. The molecule has 3 nitrogen and oxygen atoms in total. The molecule has 2 rings (SSSR count). The Morgan fingerprint density at radius 1 is 1.37 bits per heavy atom. The molecule has 0 aromatic heterocycles. The second-order valence-corrected chi connectivity index (χ2v) is 6.37. The van der Waals surface area contributed by atoms with Crippen molar-refractivity contribution in [3.8, 4) is 5.75 Å². The minimum Gasteiger partial charge on any atom is -0.493 e. The summed E-state index contributed by atoms with van der Waals surface area (Å²) in [7, 11) is 2.14. The first-order valence-corrected chi connectivity index (χ1v) is 7.16. The summed E-state index contributed by atoms with van der Waals surface area (Å²) in [6.07, 6.45) is 3.35. The van der Waals surface area contributed by atoms with Crippen molar-refractivity contribution < 1.29 is 4.74 Å². The number of nitrogens with zero attached hydrogens (tertiary/aromatic N) is 1. The van der Waals surface area contributed by atoms with E-state index in [0.717, 1.165) is 44.7 Å². The molecule has 0 unspecified atom stereocenters. The van der Waals surface area contributed by atoms with Crippen molar-refractivity contribution in [2.24, 2.45) is 5.73 Å². The fourth-order valence-electron chi connectivity index (χ4n) is 2.66. The number of benzene rings is 1. The van der Waals surface area contributed by atoms with Gasteiger partial charge in [-0.1, -0.05) is 12.1 Å². The van der Waals surface area contributed by atoms with Gasteiger partial charge in [0, 0.05) is 18.6 Å². The maximum atomic E-state index is 6.04. The molecule has 19 heavy (non-hydrogen) atoms. The molecule has 0 saturated heterocycles. The highest BCUT2D eigenvalue weighted by molar-refractivity contribution is 5.38. The van der Waals surface area contributed by atoms with Gasteiger partial charge in [-0.25, -0.2) is 0 Å². The highest BCUT2D eigenvalue weighted by atomic mass is 16.5. The molecule has 0 saturated carbocycles. The maximum Gasteiger partial charge on any atom is 0.122 e. The molecule has 2 N–H and O–H groups in total. The summed E-state index contributed by atoms with van der Waals surface area (Å²) < 4.78 is 5.64. The van der Waals surface area contributed by atoms with Gasteiger partial charge >= 0.3 is 0 Å². The van der Waals surface area contributed by atoms with E-state index < -0.39 is 0 Å². The third-order valence-corrected chi connectivity index (χ3v) is 3.43.